The van der Waals surface area contributed by atoms with Gasteiger partial charge in [0.25, 0.3) is 5.56 Å². The van der Waals surface area contributed by atoms with Gasteiger partial charge in [-0.3, -0.25) is 9.69 Å². The van der Waals surface area contributed by atoms with Crippen molar-refractivity contribution in [2.75, 3.05) is 26.2 Å². The summed E-state index contributed by atoms with van der Waals surface area (Å²) < 4.78 is 7.35. The second-order valence-electron chi connectivity index (χ2n) is 4.80. The monoisotopic (exact) mass is 261 g/mol. The van der Waals surface area contributed by atoms with Gasteiger partial charge >= 0.3 is 0 Å². The third kappa shape index (κ3) is 3.03. The minimum Gasteiger partial charge on any atom is -0.374 e. The maximum Gasteiger partial charge on any atom is 0.268 e. The number of hydrogen-bond donors (Lipinski definition) is 0. The first-order chi connectivity index (χ1) is 9.15. The van der Waals surface area contributed by atoms with Crippen molar-refractivity contribution in [2.45, 2.75) is 26.5 Å². The van der Waals surface area contributed by atoms with Gasteiger partial charge in [-0.2, -0.15) is 5.26 Å². The van der Waals surface area contributed by atoms with Crippen LogP contribution in [0.1, 0.15) is 18.2 Å². The molecule has 1 saturated heterocycles. The smallest absolute Gasteiger partial charge is 0.268 e. The van der Waals surface area contributed by atoms with Gasteiger partial charge in [-0.1, -0.05) is 6.92 Å². The predicted molar refractivity (Wildman–Crippen MR) is 72.0 cm³/mol. The molecule has 0 radical (unpaired) electrons. The summed E-state index contributed by atoms with van der Waals surface area (Å²) in [5.41, 5.74) is 0.828. The van der Waals surface area contributed by atoms with Crippen LogP contribution in [0.4, 0.5) is 0 Å². The fourth-order valence-corrected chi connectivity index (χ4v) is 2.36. The molecule has 5 heteroatoms. The Morgan fingerprint density at radius 1 is 1.53 bits per heavy atom. The van der Waals surface area contributed by atoms with E-state index in [1.165, 1.54) is 0 Å². The van der Waals surface area contributed by atoms with Gasteiger partial charge in [-0.25, -0.2) is 0 Å². The summed E-state index contributed by atoms with van der Waals surface area (Å²) in [6.45, 7) is 7.98. The Hall–Kier alpha value is -1.64. The highest BCUT2D eigenvalue weighted by molar-refractivity contribution is 5.27. The maximum atomic E-state index is 12.1. The molecular formula is C14H19N3O2. The van der Waals surface area contributed by atoms with E-state index in [9.17, 15) is 4.79 Å². The number of hydrogen-bond acceptors (Lipinski definition) is 4. The van der Waals surface area contributed by atoms with Crippen molar-refractivity contribution in [3.05, 3.63) is 33.7 Å². The number of rotatable bonds is 3. The lowest BCUT2D eigenvalue weighted by molar-refractivity contribution is -0.0349. The van der Waals surface area contributed by atoms with Gasteiger partial charge in [0.15, 0.2) is 0 Å². The van der Waals surface area contributed by atoms with Gasteiger partial charge in [-0.15, -0.1) is 0 Å². The molecule has 102 valence electrons. The number of aryl methyl sites for hydroxylation is 1. The van der Waals surface area contributed by atoms with Crippen molar-refractivity contribution in [1.29, 1.82) is 5.26 Å². The van der Waals surface area contributed by atoms with E-state index in [2.05, 4.69) is 11.8 Å². The number of ether oxygens (including phenoxy) is 1. The van der Waals surface area contributed by atoms with Crippen LogP contribution in [0.3, 0.4) is 0 Å². The first-order valence-corrected chi connectivity index (χ1v) is 6.60. The lowest BCUT2D eigenvalue weighted by Gasteiger charge is -2.32. The number of pyridine rings is 1. The molecule has 1 aromatic heterocycles. The Balaban J connectivity index is 2.19. The molecule has 0 aromatic carbocycles. The van der Waals surface area contributed by atoms with Crippen LogP contribution in [-0.4, -0.2) is 41.8 Å². The Bertz CT molecular complexity index is 545. The molecular weight excluding hydrogens is 242 g/mol. The van der Waals surface area contributed by atoms with E-state index >= 15 is 0 Å². The summed E-state index contributed by atoms with van der Waals surface area (Å²) in [4.78, 5) is 14.4. The summed E-state index contributed by atoms with van der Waals surface area (Å²) in [5.74, 6) is 0. The molecule has 1 aliphatic heterocycles. The summed E-state index contributed by atoms with van der Waals surface area (Å²) in [7, 11) is 0. The van der Waals surface area contributed by atoms with Crippen LogP contribution in [-0.2, 0) is 11.3 Å². The van der Waals surface area contributed by atoms with Crippen LogP contribution in [0, 0.1) is 18.3 Å². The van der Waals surface area contributed by atoms with E-state index in [4.69, 9.17) is 10.00 Å². The van der Waals surface area contributed by atoms with Crippen LogP contribution in [0.5, 0.6) is 0 Å². The standard InChI is InChI=1S/C14H19N3O2/c1-3-16-6-7-19-13(9-16)10-17-11(2)4-5-12(8-15)14(17)18/h4-5,13H,3,6-7,9-10H2,1-2H3. The minimum absolute atomic E-state index is 0.0130. The first kappa shape index (κ1) is 13.8. The van der Waals surface area contributed by atoms with Gasteiger partial charge in [0, 0.05) is 18.8 Å². The number of likely N-dealkylation sites (N-methyl/N-ethyl adjacent to an activating group) is 1. The average Bonchev–Trinajstić information content (AvgIpc) is 2.44. The van der Waals surface area contributed by atoms with Crippen LogP contribution in [0.2, 0.25) is 0 Å². The molecule has 0 aliphatic carbocycles. The van der Waals surface area contributed by atoms with Crippen molar-refractivity contribution in [3.8, 4) is 6.07 Å². The number of morpholine rings is 1. The largest absolute Gasteiger partial charge is 0.374 e. The van der Waals surface area contributed by atoms with Crippen molar-refractivity contribution in [3.63, 3.8) is 0 Å². The molecule has 1 fully saturated rings. The van der Waals surface area contributed by atoms with Crippen LogP contribution in [0.25, 0.3) is 0 Å². The highest BCUT2D eigenvalue weighted by atomic mass is 16.5. The second-order valence-corrected chi connectivity index (χ2v) is 4.80. The van der Waals surface area contributed by atoms with E-state index in [-0.39, 0.29) is 17.2 Å². The van der Waals surface area contributed by atoms with Crippen LogP contribution < -0.4 is 5.56 Å². The fraction of sp³-hybridized carbons (Fsp3) is 0.571. The molecule has 2 rings (SSSR count). The number of aromatic nitrogens is 1. The molecule has 0 saturated carbocycles. The predicted octanol–water partition coefficient (Wildman–Crippen LogP) is 0.749. The Kier molecular flexibility index (Phi) is 4.35. The molecule has 2 heterocycles. The van der Waals surface area contributed by atoms with Crippen LogP contribution in [0.15, 0.2) is 16.9 Å². The van der Waals surface area contributed by atoms with E-state index < -0.39 is 0 Å². The molecule has 1 aromatic rings. The fourth-order valence-electron chi connectivity index (χ4n) is 2.36. The second kappa shape index (κ2) is 6.00. The quantitative estimate of drug-likeness (QED) is 0.805. The topological polar surface area (TPSA) is 58.3 Å². The molecule has 0 bridgehead atoms. The van der Waals surface area contributed by atoms with Crippen LogP contribution >= 0.6 is 0 Å². The van der Waals surface area contributed by atoms with Crippen molar-refractivity contribution in [2.24, 2.45) is 0 Å². The minimum atomic E-state index is -0.222. The molecule has 0 amide bonds. The molecule has 1 unspecified atom stereocenters. The third-order valence-corrected chi connectivity index (χ3v) is 3.57. The van der Waals surface area contributed by atoms with Gasteiger partial charge < -0.3 is 9.30 Å². The molecule has 19 heavy (non-hydrogen) atoms. The molecule has 1 atom stereocenters. The van der Waals surface area contributed by atoms with Gasteiger partial charge in [0.1, 0.15) is 11.6 Å². The zero-order chi connectivity index (χ0) is 13.8. The molecule has 0 spiro atoms. The normalized spacial score (nSPS) is 20.2. The highest BCUT2D eigenvalue weighted by Crippen LogP contribution is 2.08. The summed E-state index contributed by atoms with van der Waals surface area (Å²) in [5, 5.41) is 8.92. The highest BCUT2D eigenvalue weighted by Gasteiger charge is 2.21. The summed E-state index contributed by atoms with van der Waals surface area (Å²) >= 11 is 0. The zero-order valence-electron chi connectivity index (χ0n) is 11.4. The van der Waals surface area contributed by atoms with Crippen molar-refractivity contribution < 1.29 is 4.74 Å². The van der Waals surface area contributed by atoms with Crippen molar-refractivity contribution >= 4 is 0 Å². The van der Waals surface area contributed by atoms with Gasteiger partial charge in [0.2, 0.25) is 0 Å². The number of nitrogens with zero attached hydrogens (tertiary/aromatic N) is 3. The Morgan fingerprint density at radius 3 is 3.00 bits per heavy atom. The Morgan fingerprint density at radius 2 is 2.32 bits per heavy atom. The zero-order valence-corrected chi connectivity index (χ0v) is 11.4. The average molecular weight is 261 g/mol. The lowest BCUT2D eigenvalue weighted by atomic mass is 10.2. The molecule has 1 aliphatic rings. The van der Waals surface area contributed by atoms with Gasteiger partial charge in [-0.05, 0) is 25.6 Å². The summed E-state index contributed by atoms with van der Waals surface area (Å²) in [6.07, 6.45) is 0.0130. The third-order valence-electron chi connectivity index (χ3n) is 3.57. The molecule has 5 nitrogen and oxygen atoms in total. The first-order valence-electron chi connectivity index (χ1n) is 6.60. The van der Waals surface area contributed by atoms with E-state index in [0.717, 1.165) is 25.3 Å². The lowest BCUT2D eigenvalue weighted by Crippen LogP contribution is -2.45. The summed E-state index contributed by atoms with van der Waals surface area (Å²) in [6, 6.07) is 5.32. The molecule has 0 N–H and O–H groups in total. The van der Waals surface area contributed by atoms with Gasteiger partial charge in [0.05, 0.1) is 19.3 Å². The van der Waals surface area contributed by atoms with E-state index in [1.807, 2.05) is 13.0 Å². The van der Waals surface area contributed by atoms with E-state index in [1.54, 1.807) is 16.7 Å². The number of nitriles is 1. The maximum absolute atomic E-state index is 12.1. The van der Waals surface area contributed by atoms with Crippen molar-refractivity contribution in [1.82, 2.24) is 9.47 Å². The SMILES string of the molecule is CCN1CCOC(Cn2c(C)ccc(C#N)c2=O)C1. The van der Waals surface area contributed by atoms with E-state index in [0.29, 0.717) is 13.2 Å². The Labute approximate surface area is 113 Å².